The highest BCUT2D eigenvalue weighted by atomic mass is 35.5. The summed E-state index contributed by atoms with van der Waals surface area (Å²) in [6.45, 7) is 5.87. The molecule has 26 heavy (non-hydrogen) atoms. The molecule has 0 heterocycles. The normalized spacial score (nSPS) is 13.0. The van der Waals surface area contributed by atoms with E-state index in [4.69, 9.17) is 16.3 Å². The van der Waals surface area contributed by atoms with Crippen molar-refractivity contribution in [3.05, 3.63) is 64.2 Å². The Morgan fingerprint density at radius 3 is 2.42 bits per heavy atom. The Hall–Kier alpha value is -2.37. The summed E-state index contributed by atoms with van der Waals surface area (Å²) in [5.41, 5.74) is 2.74. The number of benzene rings is 2. The van der Waals surface area contributed by atoms with Gasteiger partial charge in [0.25, 0.3) is 0 Å². The third-order valence-corrected chi connectivity index (χ3v) is 4.68. The molecule has 0 saturated carbocycles. The van der Waals surface area contributed by atoms with E-state index in [0.29, 0.717) is 10.7 Å². The summed E-state index contributed by atoms with van der Waals surface area (Å²) in [7, 11) is 1.54. The Labute approximate surface area is 158 Å². The third kappa shape index (κ3) is 4.84. The van der Waals surface area contributed by atoms with Gasteiger partial charge in [0.15, 0.2) is 0 Å². The molecule has 0 aliphatic heterocycles. The van der Waals surface area contributed by atoms with Crippen molar-refractivity contribution in [3.8, 4) is 0 Å². The maximum absolute atomic E-state index is 12.2. The molecule has 138 valence electrons. The van der Waals surface area contributed by atoms with Crippen LogP contribution in [0.15, 0.2) is 42.5 Å². The van der Waals surface area contributed by atoms with Crippen molar-refractivity contribution >= 4 is 29.1 Å². The molecular formula is C20H23ClN2O3. The first-order chi connectivity index (χ1) is 12.2. The van der Waals surface area contributed by atoms with Crippen LogP contribution in [0.4, 0.5) is 5.69 Å². The summed E-state index contributed by atoms with van der Waals surface area (Å²) < 4.78 is 5.55. The average molecular weight is 375 g/mol. The smallest absolute Gasteiger partial charge is 0.313 e. The van der Waals surface area contributed by atoms with Crippen molar-refractivity contribution in [1.82, 2.24) is 5.32 Å². The summed E-state index contributed by atoms with van der Waals surface area (Å²) >= 11 is 6.03. The number of nitrogens with one attached hydrogen (secondary N) is 2. The SMILES string of the molecule is COC(C)(CNC(=O)C(=O)Nc1ccc(C)c(C)c1)c1cccc(Cl)c1. The monoisotopic (exact) mass is 374 g/mol. The quantitative estimate of drug-likeness (QED) is 0.786. The van der Waals surface area contributed by atoms with Gasteiger partial charge < -0.3 is 15.4 Å². The molecule has 2 amide bonds. The molecule has 1 unspecified atom stereocenters. The molecule has 2 aromatic rings. The van der Waals surface area contributed by atoms with Crippen molar-refractivity contribution in [2.45, 2.75) is 26.4 Å². The lowest BCUT2D eigenvalue weighted by molar-refractivity contribution is -0.137. The van der Waals surface area contributed by atoms with Crippen LogP contribution in [0.5, 0.6) is 0 Å². The number of amides is 2. The van der Waals surface area contributed by atoms with E-state index in [-0.39, 0.29) is 6.54 Å². The Bertz CT molecular complexity index is 822. The standard InChI is InChI=1S/C20H23ClN2O3/c1-13-8-9-17(10-14(13)2)23-19(25)18(24)22-12-20(3,26-4)15-6-5-7-16(21)11-15/h5-11H,12H2,1-4H3,(H,22,24)(H,23,25). The van der Waals surface area contributed by atoms with Gasteiger partial charge in [0.2, 0.25) is 0 Å². The minimum absolute atomic E-state index is 0.128. The average Bonchev–Trinajstić information content (AvgIpc) is 2.62. The fourth-order valence-corrected chi connectivity index (χ4v) is 2.64. The van der Waals surface area contributed by atoms with E-state index in [0.717, 1.165) is 16.7 Å². The third-order valence-electron chi connectivity index (χ3n) is 4.44. The minimum atomic E-state index is -0.804. The number of aryl methyl sites for hydroxylation is 2. The molecule has 1 atom stereocenters. The minimum Gasteiger partial charge on any atom is -0.372 e. The lowest BCUT2D eigenvalue weighted by Crippen LogP contribution is -2.44. The van der Waals surface area contributed by atoms with Gasteiger partial charge in [0, 0.05) is 17.8 Å². The van der Waals surface area contributed by atoms with Crippen molar-refractivity contribution in [2.75, 3.05) is 19.0 Å². The highest BCUT2D eigenvalue weighted by Gasteiger charge is 2.28. The molecule has 5 nitrogen and oxygen atoms in total. The summed E-state index contributed by atoms with van der Waals surface area (Å²) in [6.07, 6.45) is 0. The molecule has 6 heteroatoms. The van der Waals surface area contributed by atoms with Crippen LogP contribution in [0.2, 0.25) is 5.02 Å². The van der Waals surface area contributed by atoms with Gasteiger partial charge in [-0.1, -0.05) is 29.8 Å². The topological polar surface area (TPSA) is 67.4 Å². The van der Waals surface area contributed by atoms with Crippen molar-refractivity contribution in [1.29, 1.82) is 0 Å². The van der Waals surface area contributed by atoms with Crippen LogP contribution in [0.25, 0.3) is 0 Å². The summed E-state index contributed by atoms with van der Waals surface area (Å²) in [4.78, 5) is 24.3. The van der Waals surface area contributed by atoms with E-state index in [2.05, 4.69) is 10.6 Å². The van der Waals surface area contributed by atoms with Crippen LogP contribution in [0.3, 0.4) is 0 Å². The number of rotatable bonds is 5. The van der Waals surface area contributed by atoms with Gasteiger partial charge in [0.1, 0.15) is 5.60 Å². The second-order valence-electron chi connectivity index (χ2n) is 6.38. The molecule has 0 spiro atoms. The number of methoxy groups -OCH3 is 1. The van der Waals surface area contributed by atoms with Gasteiger partial charge >= 0.3 is 11.8 Å². The molecule has 2 aromatic carbocycles. The number of carbonyl (C=O) groups excluding carboxylic acids is 2. The molecule has 0 saturated heterocycles. The predicted molar refractivity (Wildman–Crippen MR) is 103 cm³/mol. The zero-order valence-corrected chi connectivity index (χ0v) is 16.1. The zero-order valence-electron chi connectivity index (χ0n) is 15.4. The summed E-state index contributed by atoms with van der Waals surface area (Å²) in [5.74, 6) is -1.45. The highest BCUT2D eigenvalue weighted by molar-refractivity contribution is 6.39. The van der Waals surface area contributed by atoms with Crippen LogP contribution in [-0.2, 0) is 19.9 Å². The second kappa shape index (κ2) is 8.34. The Morgan fingerprint density at radius 1 is 1.08 bits per heavy atom. The summed E-state index contributed by atoms with van der Waals surface area (Å²) in [6, 6.07) is 12.7. The molecule has 0 bridgehead atoms. The lowest BCUT2D eigenvalue weighted by atomic mass is 9.95. The maximum atomic E-state index is 12.2. The number of ether oxygens (including phenoxy) is 1. The first kappa shape index (κ1) is 19.9. The molecule has 0 aromatic heterocycles. The number of hydrogen-bond acceptors (Lipinski definition) is 3. The molecule has 0 radical (unpaired) electrons. The molecule has 0 aliphatic rings. The van der Waals surface area contributed by atoms with Crippen molar-refractivity contribution in [3.63, 3.8) is 0 Å². The van der Waals surface area contributed by atoms with E-state index < -0.39 is 17.4 Å². The number of carbonyl (C=O) groups is 2. The van der Waals surface area contributed by atoms with Gasteiger partial charge in [0.05, 0.1) is 6.54 Å². The first-order valence-electron chi connectivity index (χ1n) is 8.23. The molecule has 2 rings (SSSR count). The lowest BCUT2D eigenvalue weighted by Gasteiger charge is -2.29. The van der Waals surface area contributed by atoms with Gasteiger partial charge in [-0.2, -0.15) is 0 Å². The largest absolute Gasteiger partial charge is 0.372 e. The predicted octanol–water partition coefficient (Wildman–Crippen LogP) is 3.57. The van der Waals surface area contributed by atoms with E-state index in [9.17, 15) is 9.59 Å². The Kier molecular flexibility index (Phi) is 6.40. The van der Waals surface area contributed by atoms with Crippen molar-refractivity contribution < 1.29 is 14.3 Å². The molecule has 2 N–H and O–H groups in total. The highest BCUT2D eigenvalue weighted by Crippen LogP contribution is 2.26. The Balaban J connectivity index is 2.01. The van der Waals surface area contributed by atoms with Crippen LogP contribution >= 0.6 is 11.6 Å². The van der Waals surface area contributed by atoms with Crippen LogP contribution in [0.1, 0.15) is 23.6 Å². The van der Waals surface area contributed by atoms with Gasteiger partial charge in [-0.15, -0.1) is 0 Å². The zero-order chi connectivity index (χ0) is 19.3. The maximum Gasteiger partial charge on any atom is 0.313 e. The first-order valence-corrected chi connectivity index (χ1v) is 8.60. The Morgan fingerprint density at radius 2 is 1.81 bits per heavy atom. The van der Waals surface area contributed by atoms with E-state index in [1.54, 1.807) is 25.3 Å². The van der Waals surface area contributed by atoms with Gasteiger partial charge in [-0.3, -0.25) is 9.59 Å². The molecule has 0 aliphatic carbocycles. The van der Waals surface area contributed by atoms with Crippen LogP contribution < -0.4 is 10.6 Å². The fraction of sp³-hybridized carbons (Fsp3) is 0.300. The van der Waals surface area contributed by atoms with Gasteiger partial charge in [-0.05, 0) is 61.7 Å². The second-order valence-corrected chi connectivity index (χ2v) is 6.82. The number of hydrogen-bond donors (Lipinski definition) is 2. The van der Waals surface area contributed by atoms with Crippen molar-refractivity contribution in [2.24, 2.45) is 0 Å². The van der Waals surface area contributed by atoms with E-state index in [1.807, 2.05) is 45.0 Å². The van der Waals surface area contributed by atoms with E-state index in [1.165, 1.54) is 0 Å². The fourth-order valence-electron chi connectivity index (χ4n) is 2.45. The van der Waals surface area contributed by atoms with Gasteiger partial charge in [-0.25, -0.2) is 0 Å². The molecule has 0 fully saturated rings. The number of halogens is 1. The summed E-state index contributed by atoms with van der Waals surface area (Å²) in [5, 5.41) is 5.79. The van der Waals surface area contributed by atoms with Crippen LogP contribution in [0, 0.1) is 13.8 Å². The molecular weight excluding hydrogens is 352 g/mol. The van der Waals surface area contributed by atoms with E-state index >= 15 is 0 Å². The van der Waals surface area contributed by atoms with Crippen LogP contribution in [-0.4, -0.2) is 25.5 Å². The number of anilines is 1.